The fourth-order valence-electron chi connectivity index (χ4n) is 5.44. The molecule has 2 fully saturated rings. The van der Waals surface area contributed by atoms with Gasteiger partial charge in [0.2, 0.25) is 5.43 Å². The number of carboxylic acid groups (broad SMARTS) is 1. The van der Waals surface area contributed by atoms with E-state index >= 15 is 8.78 Å². The minimum absolute atomic E-state index is 0.00111. The maximum atomic E-state index is 16.1. The number of hydrogen-bond donors (Lipinski definition) is 2. The molecule has 1 aliphatic carbocycles. The molecule has 202 valence electrons. The van der Waals surface area contributed by atoms with E-state index < -0.39 is 46.7 Å². The lowest BCUT2D eigenvalue weighted by atomic mass is 10.0. The average Bonchev–Trinajstić information content (AvgIpc) is 3.68. The van der Waals surface area contributed by atoms with E-state index in [4.69, 9.17) is 10.5 Å². The Kier molecular flexibility index (Phi) is 5.77. The molecule has 12 heteroatoms. The van der Waals surface area contributed by atoms with Gasteiger partial charge in [0.25, 0.3) is 5.91 Å². The molecule has 3 N–H and O–H groups in total. The summed E-state index contributed by atoms with van der Waals surface area (Å²) in [7, 11) is 0. The minimum atomic E-state index is -1.45. The Balaban J connectivity index is 1.38. The summed E-state index contributed by atoms with van der Waals surface area (Å²) in [6.45, 7) is 0.489. The number of anilines is 2. The van der Waals surface area contributed by atoms with Crippen molar-refractivity contribution < 1.29 is 33.0 Å². The summed E-state index contributed by atoms with van der Waals surface area (Å²) in [5.41, 5.74) is 5.66. The SMILES string of the molecule is NC(=O)C1CN(c2ccc3c(c2)CCCN(c2c(F)cc4c(=O)c(C(=O)O)cn(C5CC5)c4c2F)C3)C(=O)O1. The van der Waals surface area contributed by atoms with E-state index in [1.165, 1.54) is 9.47 Å². The van der Waals surface area contributed by atoms with Gasteiger partial charge in [-0.15, -0.1) is 0 Å². The number of primary amides is 1. The second kappa shape index (κ2) is 9.07. The van der Waals surface area contributed by atoms with E-state index in [0.29, 0.717) is 37.9 Å². The van der Waals surface area contributed by atoms with Crippen LogP contribution in [0.25, 0.3) is 10.9 Å². The van der Waals surface area contributed by atoms with Crippen molar-refractivity contribution in [2.75, 3.05) is 22.9 Å². The van der Waals surface area contributed by atoms with Gasteiger partial charge in [0.1, 0.15) is 17.1 Å². The number of carboxylic acids is 1. The number of hydrogen-bond acceptors (Lipinski definition) is 6. The fraction of sp³-hybridized carbons (Fsp3) is 0.333. The van der Waals surface area contributed by atoms with Crippen LogP contribution in [0.1, 0.15) is 46.8 Å². The van der Waals surface area contributed by atoms with Crippen molar-refractivity contribution in [2.24, 2.45) is 5.73 Å². The zero-order chi connectivity index (χ0) is 27.6. The number of rotatable bonds is 5. The molecule has 2 amide bonds. The normalized spacial score (nSPS) is 19.1. The first-order chi connectivity index (χ1) is 18.6. The number of halogens is 2. The highest BCUT2D eigenvalue weighted by Gasteiger charge is 2.36. The maximum absolute atomic E-state index is 16.1. The molecule has 6 rings (SSSR count). The number of aromatic carboxylic acids is 1. The molecule has 1 unspecified atom stereocenters. The lowest BCUT2D eigenvalue weighted by Crippen LogP contribution is -2.32. The zero-order valence-corrected chi connectivity index (χ0v) is 20.7. The number of benzene rings is 2. The largest absolute Gasteiger partial charge is 0.477 e. The number of nitrogens with two attached hydrogens (primary N) is 1. The number of pyridine rings is 1. The Hall–Kier alpha value is -4.48. The highest BCUT2D eigenvalue weighted by atomic mass is 19.1. The van der Waals surface area contributed by atoms with Crippen molar-refractivity contribution in [2.45, 2.75) is 44.4 Å². The smallest absolute Gasteiger partial charge is 0.415 e. The Morgan fingerprint density at radius 3 is 2.54 bits per heavy atom. The highest BCUT2D eigenvalue weighted by Crippen LogP contribution is 2.40. The third-order valence-electron chi connectivity index (χ3n) is 7.54. The van der Waals surface area contributed by atoms with Gasteiger partial charge in [-0.2, -0.15) is 0 Å². The van der Waals surface area contributed by atoms with Crippen LogP contribution in [0.3, 0.4) is 0 Å². The molecular formula is C27H24F2N4O6. The highest BCUT2D eigenvalue weighted by molar-refractivity contribution is 5.95. The summed E-state index contributed by atoms with van der Waals surface area (Å²) in [6.07, 6.45) is 1.97. The monoisotopic (exact) mass is 538 g/mol. The molecule has 0 spiro atoms. The van der Waals surface area contributed by atoms with Crippen LogP contribution in [0, 0.1) is 11.6 Å². The number of ether oxygens (including phenoxy) is 1. The van der Waals surface area contributed by atoms with Gasteiger partial charge in [-0.1, -0.05) is 6.07 Å². The van der Waals surface area contributed by atoms with E-state index in [1.54, 1.807) is 23.1 Å². The van der Waals surface area contributed by atoms with Gasteiger partial charge in [-0.3, -0.25) is 14.5 Å². The number of carbonyl (C=O) groups is 3. The molecule has 39 heavy (non-hydrogen) atoms. The molecule has 3 heterocycles. The molecule has 3 aromatic rings. The topological polar surface area (TPSA) is 135 Å². The summed E-state index contributed by atoms with van der Waals surface area (Å²) < 4.78 is 38.1. The van der Waals surface area contributed by atoms with E-state index in [2.05, 4.69) is 0 Å². The number of cyclic esters (lactones) is 1. The van der Waals surface area contributed by atoms with Gasteiger partial charge < -0.3 is 25.0 Å². The summed E-state index contributed by atoms with van der Waals surface area (Å²) in [5.74, 6) is -4.03. The molecule has 0 radical (unpaired) electrons. The lowest BCUT2D eigenvalue weighted by Gasteiger charge is -2.26. The summed E-state index contributed by atoms with van der Waals surface area (Å²) >= 11 is 0. The molecule has 1 saturated heterocycles. The molecule has 3 aliphatic rings. The van der Waals surface area contributed by atoms with Crippen molar-refractivity contribution >= 4 is 40.2 Å². The first kappa shape index (κ1) is 24.8. The van der Waals surface area contributed by atoms with E-state index in [-0.39, 0.29) is 35.7 Å². The fourth-order valence-corrected chi connectivity index (χ4v) is 5.44. The van der Waals surface area contributed by atoms with E-state index in [9.17, 15) is 24.3 Å². The maximum Gasteiger partial charge on any atom is 0.415 e. The molecule has 1 aromatic heterocycles. The number of aromatic nitrogens is 1. The number of aryl methyl sites for hydroxylation is 1. The van der Waals surface area contributed by atoms with Crippen molar-refractivity contribution in [1.29, 1.82) is 0 Å². The molecule has 1 saturated carbocycles. The lowest BCUT2D eigenvalue weighted by molar-refractivity contribution is -0.124. The number of amides is 2. The molecule has 2 aliphatic heterocycles. The third kappa shape index (κ3) is 4.16. The van der Waals surface area contributed by atoms with Gasteiger partial charge >= 0.3 is 12.1 Å². The first-order valence-electron chi connectivity index (χ1n) is 12.6. The molecular weight excluding hydrogens is 514 g/mol. The molecule has 0 bridgehead atoms. The quantitative estimate of drug-likeness (QED) is 0.510. The minimum Gasteiger partial charge on any atom is -0.477 e. The van der Waals surface area contributed by atoms with Crippen LogP contribution in [-0.2, 0) is 22.5 Å². The molecule has 1 atom stereocenters. The number of carbonyl (C=O) groups excluding carboxylic acids is 2. The molecule has 10 nitrogen and oxygen atoms in total. The van der Waals surface area contributed by atoms with Crippen molar-refractivity contribution in [3.63, 3.8) is 0 Å². The second-order valence-electron chi connectivity index (χ2n) is 10.1. The Morgan fingerprint density at radius 1 is 1.10 bits per heavy atom. The van der Waals surface area contributed by atoms with Crippen LogP contribution in [0.15, 0.2) is 35.3 Å². The Bertz CT molecular complexity index is 1630. The van der Waals surface area contributed by atoms with Crippen LogP contribution in [-0.4, -0.2) is 46.8 Å². The summed E-state index contributed by atoms with van der Waals surface area (Å²) in [4.78, 5) is 51.0. The van der Waals surface area contributed by atoms with Gasteiger partial charge in [0.15, 0.2) is 11.9 Å². The van der Waals surface area contributed by atoms with Gasteiger partial charge in [0.05, 0.1) is 17.4 Å². The van der Waals surface area contributed by atoms with Crippen LogP contribution < -0.4 is 21.0 Å². The van der Waals surface area contributed by atoms with Crippen molar-refractivity contribution in [3.8, 4) is 0 Å². The van der Waals surface area contributed by atoms with Crippen LogP contribution in [0.4, 0.5) is 25.0 Å². The van der Waals surface area contributed by atoms with Gasteiger partial charge in [-0.25, -0.2) is 18.4 Å². The predicted molar refractivity (Wildman–Crippen MR) is 136 cm³/mol. The van der Waals surface area contributed by atoms with Crippen LogP contribution >= 0.6 is 0 Å². The number of fused-ring (bicyclic) bond motifs is 2. The van der Waals surface area contributed by atoms with Crippen molar-refractivity contribution in [3.05, 3.63) is 69.0 Å². The zero-order valence-electron chi connectivity index (χ0n) is 20.7. The van der Waals surface area contributed by atoms with Gasteiger partial charge in [-0.05, 0) is 55.0 Å². The van der Waals surface area contributed by atoms with Crippen molar-refractivity contribution in [1.82, 2.24) is 4.57 Å². The van der Waals surface area contributed by atoms with Crippen LogP contribution in [0.2, 0.25) is 0 Å². The van der Waals surface area contributed by atoms with E-state index in [0.717, 1.165) is 23.4 Å². The van der Waals surface area contributed by atoms with E-state index in [1.807, 2.05) is 0 Å². The number of nitrogens with zero attached hydrogens (tertiary/aromatic N) is 3. The Labute approximate surface area is 220 Å². The predicted octanol–water partition coefficient (Wildman–Crippen LogP) is 3.08. The third-order valence-corrected chi connectivity index (χ3v) is 7.54. The average molecular weight is 539 g/mol. The molecule has 2 aromatic carbocycles. The summed E-state index contributed by atoms with van der Waals surface area (Å²) in [6, 6.07) is 6.02. The van der Waals surface area contributed by atoms with Crippen LogP contribution in [0.5, 0.6) is 0 Å². The van der Waals surface area contributed by atoms with Gasteiger partial charge in [0, 0.05) is 31.0 Å². The second-order valence-corrected chi connectivity index (χ2v) is 10.1. The Morgan fingerprint density at radius 2 is 1.87 bits per heavy atom. The standard InChI is InChI=1S/C27H24F2N4O6/c28-19-9-17-22(32(15-5-6-15)11-18(24(17)34)26(36)37)21(29)23(19)31-7-1-2-13-8-16(4-3-14(13)10-31)33-12-20(25(30)35)39-27(33)38/h3-4,8-9,11,15,20H,1-2,5-7,10,12H2,(H2,30,35)(H,36,37). The first-order valence-corrected chi connectivity index (χ1v) is 12.6. The summed E-state index contributed by atoms with van der Waals surface area (Å²) in [5, 5.41) is 9.16.